The van der Waals surface area contributed by atoms with Gasteiger partial charge >= 0.3 is 0 Å². The van der Waals surface area contributed by atoms with Crippen LogP contribution in [0.25, 0.3) is 0 Å². The molecule has 0 aliphatic carbocycles. The van der Waals surface area contributed by atoms with Crippen LogP contribution < -0.4 is 5.73 Å². The molecule has 1 fully saturated rings. The van der Waals surface area contributed by atoms with Crippen molar-refractivity contribution < 1.29 is 4.74 Å². The van der Waals surface area contributed by atoms with Crippen molar-refractivity contribution in [1.82, 2.24) is 0 Å². The minimum atomic E-state index is 0.462. The van der Waals surface area contributed by atoms with Crippen LogP contribution in [0.3, 0.4) is 0 Å². The van der Waals surface area contributed by atoms with Gasteiger partial charge in [0.15, 0.2) is 0 Å². The molecular formula is C14H21NO. The fraction of sp³-hybridized carbons (Fsp3) is 0.571. The Morgan fingerprint density at radius 1 is 1.25 bits per heavy atom. The van der Waals surface area contributed by atoms with E-state index in [2.05, 4.69) is 31.2 Å². The Labute approximate surface area is 97.8 Å². The van der Waals surface area contributed by atoms with Crippen molar-refractivity contribution in [3.05, 3.63) is 35.4 Å². The van der Waals surface area contributed by atoms with Crippen molar-refractivity contribution in [3.8, 4) is 0 Å². The zero-order chi connectivity index (χ0) is 11.4. The van der Waals surface area contributed by atoms with Crippen molar-refractivity contribution in [3.63, 3.8) is 0 Å². The lowest BCUT2D eigenvalue weighted by Crippen LogP contribution is -2.14. The molecule has 1 atom stereocenters. The summed E-state index contributed by atoms with van der Waals surface area (Å²) in [5.41, 5.74) is 8.47. The number of hydrogen-bond acceptors (Lipinski definition) is 2. The van der Waals surface area contributed by atoms with Crippen molar-refractivity contribution in [2.45, 2.75) is 31.6 Å². The lowest BCUT2D eigenvalue weighted by atomic mass is 9.90. The number of nitrogens with two attached hydrogens (primary N) is 1. The number of rotatable bonds is 3. The van der Waals surface area contributed by atoms with Gasteiger partial charge in [-0.25, -0.2) is 0 Å². The third-order valence-corrected chi connectivity index (χ3v) is 3.55. The van der Waals surface area contributed by atoms with Crippen LogP contribution in [-0.2, 0) is 4.74 Å². The maximum Gasteiger partial charge on any atom is 0.0471 e. The van der Waals surface area contributed by atoms with Crippen LogP contribution in [0.2, 0.25) is 0 Å². The average molecular weight is 219 g/mol. The van der Waals surface area contributed by atoms with Gasteiger partial charge in [-0.2, -0.15) is 0 Å². The van der Waals surface area contributed by atoms with Crippen molar-refractivity contribution in [1.29, 1.82) is 0 Å². The van der Waals surface area contributed by atoms with Crippen molar-refractivity contribution in [2.75, 3.05) is 19.8 Å². The molecule has 0 spiro atoms. The van der Waals surface area contributed by atoms with Gasteiger partial charge in [-0.15, -0.1) is 0 Å². The Bertz CT molecular complexity index is 314. The third-order valence-electron chi connectivity index (χ3n) is 3.55. The topological polar surface area (TPSA) is 35.2 Å². The fourth-order valence-electron chi connectivity index (χ4n) is 2.26. The van der Waals surface area contributed by atoms with E-state index in [0.29, 0.717) is 11.8 Å². The predicted molar refractivity (Wildman–Crippen MR) is 66.7 cm³/mol. The summed E-state index contributed by atoms with van der Waals surface area (Å²) in [6.45, 7) is 4.71. The molecule has 1 heterocycles. The predicted octanol–water partition coefficient (Wildman–Crippen LogP) is 2.64. The molecule has 2 nitrogen and oxygen atoms in total. The number of benzene rings is 1. The van der Waals surface area contributed by atoms with Gasteiger partial charge in [0, 0.05) is 13.2 Å². The van der Waals surface area contributed by atoms with E-state index in [1.807, 2.05) is 0 Å². The van der Waals surface area contributed by atoms with Crippen LogP contribution in [0, 0.1) is 0 Å². The molecule has 2 N–H and O–H groups in total. The van der Waals surface area contributed by atoms with E-state index < -0.39 is 0 Å². The van der Waals surface area contributed by atoms with Gasteiger partial charge < -0.3 is 10.5 Å². The van der Waals surface area contributed by atoms with Gasteiger partial charge in [0.2, 0.25) is 0 Å². The summed E-state index contributed by atoms with van der Waals surface area (Å²) in [7, 11) is 0. The van der Waals surface area contributed by atoms with E-state index in [0.717, 1.165) is 32.6 Å². The van der Waals surface area contributed by atoms with Gasteiger partial charge in [-0.05, 0) is 42.3 Å². The molecule has 0 saturated carbocycles. The standard InChI is InChI=1S/C14H21NO/c1-11(10-15)12-2-4-13(5-3-12)14-6-8-16-9-7-14/h2-5,11,14H,6-10,15H2,1H3. The first-order valence-electron chi connectivity index (χ1n) is 6.19. The molecule has 0 aromatic heterocycles. The summed E-state index contributed by atoms with van der Waals surface area (Å²) < 4.78 is 5.38. The number of hydrogen-bond donors (Lipinski definition) is 1. The Morgan fingerprint density at radius 3 is 2.44 bits per heavy atom. The van der Waals surface area contributed by atoms with Crippen LogP contribution in [0.5, 0.6) is 0 Å². The van der Waals surface area contributed by atoms with E-state index in [4.69, 9.17) is 10.5 Å². The minimum Gasteiger partial charge on any atom is -0.381 e. The van der Waals surface area contributed by atoms with E-state index in [-0.39, 0.29) is 0 Å². The van der Waals surface area contributed by atoms with Gasteiger partial charge in [-0.3, -0.25) is 0 Å². The number of ether oxygens (including phenoxy) is 1. The molecule has 88 valence electrons. The van der Waals surface area contributed by atoms with Crippen LogP contribution in [-0.4, -0.2) is 19.8 Å². The minimum absolute atomic E-state index is 0.462. The van der Waals surface area contributed by atoms with E-state index in [1.54, 1.807) is 0 Å². The van der Waals surface area contributed by atoms with E-state index in [1.165, 1.54) is 11.1 Å². The molecule has 0 radical (unpaired) electrons. The van der Waals surface area contributed by atoms with Crippen LogP contribution in [0.1, 0.15) is 42.7 Å². The average Bonchev–Trinajstić information content (AvgIpc) is 2.39. The van der Waals surface area contributed by atoms with Crippen molar-refractivity contribution >= 4 is 0 Å². The van der Waals surface area contributed by atoms with Crippen LogP contribution in [0.15, 0.2) is 24.3 Å². The maximum absolute atomic E-state index is 5.67. The molecule has 1 aromatic rings. The van der Waals surface area contributed by atoms with E-state index >= 15 is 0 Å². The SMILES string of the molecule is CC(CN)c1ccc(C2CCOCC2)cc1. The summed E-state index contributed by atoms with van der Waals surface area (Å²) in [5, 5.41) is 0. The van der Waals surface area contributed by atoms with Crippen LogP contribution >= 0.6 is 0 Å². The zero-order valence-corrected chi connectivity index (χ0v) is 9.99. The summed E-state index contributed by atoms with van der Waals surface area (Å²) in [5.74, 6) is 1.15. The summed E-state index contributed by atoms with van der Waals surface area (Å²) in [6.07, 6.45) is 2.32. The Morgan fingerprint density at radius 2 is 1.88 bits per heavy atom. The Balaban J connectivity index is 2.06. The van der Waals surface area contributed by atoms with Crippen molar-refractivity contribution in [2.24, 2.45) is 5.73 Å². The normalized spacial score (nSPS) is 19.6. The highest BCUT2D eigenvalue weighted by molar-refractivity contribution is 5.27. The molecule has 2 heteroatoms. The van der Waals surface area contributed by atoms with Gasteiger partial charge in [0.25, 0.3) is 0 Å². The first kappa shape index (κ1) is 11.6. The highest BCUT2D eigenvalue weighted by Crippen LogP contribution is 2.27. The molecule has 2 rings (SSSR count). The monoisotopic (exact) mass is 219 g/mol. The molecule has 0 bridgehead atoms. The zero-order valence-electron chi connectivity index (χ0n) is 9.99. The highest BCUT2D eigenvalue weighted by Gasteiger charge is 2.15. The third kappa shape index (κ3) is 2.63. The fourth-order valence-corrected chi connectivity index (χ4v) is 2.26. The summed E-state index contributed by atoms with van der Waals surface area (Å²) >= 11 is 0. The van der Waals surface area contributed by atoms with Gasteiger partial charge in [-0.1, -0.05) is 31.2 Å². The largest absolute Gasteiger partial charge is 0.381 e. The highest BCUT2D eigenvalue weighted by atomic mass is 16.5. The molecule has 16 heavy (non-hydrogen) atoms. The summed E-state index contributed by atoms with van der Waals surface area (Å²) in [6, 6.07) is 8.97. The molecule has 1 unspecified atom stereocenters. The second-order valence-electron chi connectivity index (χ2n) is 4.69. The smallest absolute Gasteiger partial charge is 0.0471 e. The maximum atomic E-state index is 5.67. The molecular weight excluding hydrogens is 198 g/mol. The molecule has 1 aliphatic heterocycles. The molecule has 1 aliphatic rings. The second-order valence-corrected chi connectivity index (χ2v) is 4.69. The Kier molecular flexibility index (Phi) is 3.97. The van der Waals surface area contributed by atoms with Gasteiger partial charge in [0.1, 0.15) is 0 Å². The van der Waals surface area contributed by atoms with Gasteiger partial charge in [0.05, 0.1) is 0 Å². The lowest BCUT2D eigenvalue weighted by molar-refractivity contribution is 0.0853. The van der Waals surface area contributed by atoms with E-state index in [9.17, 15) is 0 Å². The second kappa shape index (κ2) is 5.46. The molecule has 1 aromatic carbocycles. The molecule has 0 amide bonds. The summed E-state index contributed by atoms with van der Waals surface area (Å²) in [4.78, 5) is 0. The first-order valence-corrected chi connectivity index (χ1v) is 6.19. The molecule has 1 saturated heterocycles. The quantitative estimate of drug-likeness (QED) is 0.848. The lowest BCUT2D eigenvalue weighted by Gasteiger charge is -2.22. The first-order chi connectivity index (χ1) is 7.81. The Hall–Kier alpha value is -0.860. The van der Waals surface area contributed by atoms with Crippen LogP contribution in [0.4, 0.5) is 0 Å².